The Morgan fingerprint density at radius 1 is 1.12 bits per heavy atom. The average Bonchev–Trinajstić information content (AvgIpc) is 3.06. The summed E-state index contributed by atoms with van der Waals surface area (Å²) in [5, 5.41) is 16.4. The molecule has 0 saturated heterocycles. The van der Waals surface area contributed by atoms with Gasteiger partial charge < -0.3 is 5.32 Å². The molecule has 0 saturated carbocycles. The zero-order chi connectivity index (χ0) is 16.8. The molecule has 3 aromatic rings. The third-order valence-corrected chi connectivity index (χ3v) is 3.79. The van der Waals surface area contributed by atoms with Gasteiger partial charge in [0, 0.05) is 6.20 Å². The van der Waals surface area contributed by atoms with Crippen molar-refractivity contribution in [3.05, 3.63) is 78.6 Å². The van der Waals surface area contributed by atoms with E-state index < -0.39 is 0 Å². The maximum absolute atomic E-state index is 4.34. The molecular formula is C19H21N5. The summed E-state index contributed by atoms with van der Waals surface area (Å²) in [5.41, 5.74) is 2.18. The van der Waals surface area contributed by atoms with Crippen LogP contribution in [0.2, 0.25) is 0 Å². The van der Waals surface area contributed by atoms with Crippen molar-refractivity contribution in [1.29, 1.82) is 0 Å². The molecule has 0 spiro atoms. The lowest BCUT2D eigenvalue weighted by molar-refractivity contribution is 0.697. The number of anilines is 1. The number of aryl methyl sites for hydroxylation is 1. The van der Waals surface area contributed by atoms with Gasteiger partial charge in [0.05, 0.1) is 11.7 Å². The minimum atomic E-state index is 0.177. The fraction of sp³-hybridized carbons (Fsp3) is 0.211. The first-order valence-corrected chi connectivity index (χ1v) is 8.05. The van der Waals surface area contributed by atoms with Crippen LogP contribution in [0.5, 0.6) is 0 Å². The van der Waals surface area contributed by atoms with Crippen LogP contribution in [0.3, 0.4) is 0 Å². The molecule has 0 aliphatic heterocycles. The van der Waals surface area contributed by atoms with Crippen LogP contribution in [0.25, 0.3) is 5.82 Å². The predicted octanol–water partition coefficient (Wildman–Crippen LogP) is 4.09. The van der Waals surface area contributed by atoms with Gasteiger partial charge in [0.25, 0.3) is 0 Å². The number of nitrogens with zero attached hydrogens (tertiary/aromatic N) is 4. The quantitative estimate of drug-likeness (QED) is 0.666. The molecule has 1 unspecified atom stereocenters. The fourth-order valence-electron chi connectivity index (χ4n) is 2.54. The zero-order valence-electron chi connectivity index (χ0n) is 13.8. The van der Waals surface area contributed by atoms with Crippen LogP contribution in [-0.4, -0.2) is 20.0 Å². The van der Waals surface area contributed by atoms with E-state index in [0.29, 0.717) is 5.82 Å². The van der Waals surface area contributed by atoms with Gasteiger partial charge in [0.1, 0.15) is 5.82 Å². The van der Waals surface area contributed by atoms with Crippen LogP contribution in [0.1, 0.15) is 30.1 Å². The highest BCUT2D eigenvalue weighted by Crippen LogP contribution is 2.23. The van der Waals surface area contributed by atoms with Gasteiger partial charge in [-0.1, -0.05) is 36.4 Å². The largest absolute Gasteiger partial charge is 0.362 e. The average molecular weight is 319 g/mol. The molecule has 0 aliphatic rings. The molecule has 1 atom stereocenters. The lowest BCUT2D eigenvalue weighted by Crippen LogP contribution is -2.12. The van der Waals surface area contributed by atoms with E-state index >= 15 is 0 Å². The highest BCUT2D eigenvalue weighted by molar-refractivity contribution is 5.39. The molecule has 3 rings (SSSR count). The zero-order valence-corrected chi connectivity index (χ0v) is 13.8. The molecule has 0 aliphatic carbocycles. The van der Waals surface area contributed by atoms with Crippen LogP contribution in [0.15, 0.2) is 67.4 Å². The van der Waals surface area contributed by atoms with Crippen molar-refractivity contribution in [1.82, 2.24) is 20.0 Å². The molecule has 2 heterocycles. The van der Waals surface area contributed by atoms with Crippen molar-refractivity contribution in [2.75, 3.05) is 5.32 Å². The van der Waals surface area contributed by atoms with Gasteiger partial charge in [-0.05, 0) is 43.5 Å². The van der Waals surface area contributed by atoms with E-state index in [4.69, 9.17) is 0 Å². The summed E-state index contributed by atoms with van der Waals surface area (Å²) in [6, 6.07) is 16.3. The van der Waals surface area contributed by atoms with Crippen molar-refractivity contribution in [3.63, 3.8) is 0 Å². The van der Waals surface area contributed by atoms with E-state index in [2.05, 4.69) is 39.3 Å². The van der Waals surface area contributed by atoms with Crippen molar-refractivity contribution in [2.24, 2.45) is 0 Å². The molecule has 1 aromatic carbocycles. The second-order valence-electron chi connectivity index (χ2n) is 5.65. The van der Waals surface area contributed by atoms with Gasteiger partial charge in [0.15, 0.2) is 5.82 Å². The minimum absolute atomic E-state index is 0.177. The van der Waals surface area contributed by atoms with Crippen LogP contribution in [0.4, 0.5) is 5.82 Å². The Morgan fingerprint density at radius 2 is 1.96 bits per heavy atom. The van der Waals surface area contributed by atoms with Gasteiger partial charge in [-0.15, -0.1) is 16.8 Å². The molecule has 0 radical (unpaired) electrons. The number of hydrogen-bond acceptors (Lipinski definition) is 4. The number of aromatic nitrogens is 4. The smallest absolute Gasteiger partial charge is 0.175 e. The minimum Gasteiger partial charge on any atom is -0.362 e. The highest BCUT2D eigenvalue weighted by Gasteiger charge is 2.11. The van der Waals surface area contributed by atoms with Gasteiger partial charge >= 0.3 is 0 Å². The summed E-state index contributed by atoms with van der Waals surface area (Å²) >= 11 is 0. The Morgan fingerprint density at radius 3 is 2.58 bits per heavy atom. The molecule has 0 fully saturated rings. The summed E-state index contributed by atoms with van der Waals surface area (Å²) in [4.78, 5) is 0. The van der Waals surface area contributed by atoms with Crippen LogP contribution < -0.4 is 5.32 Å². The monoisotopic (exact) mass is 319 g/mol. The van der Waals surface area contributed by atoms with E-state index in [1.807, 2.05) is 55.6 Å². The maximum atomic E-state index is 4.34. The van der Waals surface area contributed by atoms with E-state index in [1.165, 1.54) is 5.56 Å². The van der Waals surface area contributed by atoms with Gasteiger partial charge in [-0.25, -0.2) is 4.68 Å². The molecule has 122 valence electrons. The Labute approximate surface area is 142 Å². The van der Waals surface area contributed by atoms with E-state index in [1.54, 1.807) is 4.68 Å². The standard InChI is InChI=1S/C19H21N5/c1-3-4-10-17(16-8-6-5-7-9-16)20-18-11-12-19(22-21-18)24-14-13-15(2)23-24/h3,5-9,11-14,17H,1,4,10H2,2H3,(H,20,21). The maximum Gasteiger partial charge on any atom is 0.175 e. The van der Waals surface area contributed by atoms with E-state index in [-0.39, 0.29) is 6.04 Å². The van der Waals surface area contributed by atoms with Gasteiger partial charge in [0.2, 0.25) is 0 Å². The summed E-state index contributed by atoms with van der Waals surface area (Å²) in [7, 11) is 0. The number of hydrogen-bond donors (Lipinski definition) is 1. The van der Waals surface area contributed by atoms with Crippen molar-refractivity contribution in [2.45, 2.75) is 25.8 Å². The van der Waals surface area contributed by atoms with Gasteiger partial charge in [-0.3, -0.25) is 0 Å². The summed E-state index contributed by atoms with van der Waals surface area (Å²) < 4.78 is 1.72. The predicted molar refractivity (Wildman–Crippen MR) is 96.1 cm³/mol. The Hall–Kier alpha value is -2.95. The van der Waals surface area contributed by atoms with E-state index in [9.17, 15) is 0 Å². The first-order valence-electron chi connectivity index (χ1n) is 8.05. The summed E-state index contributed by atoms with van der Waals surface area (Å²) in [6.45, 7) is 5.76. The second-order valence-corrected chi connectivity index (χ2v) is 5.65. The number of benzene rings is 1. The normalized spacial score (nSPS) is 11.9. The van der Waals surface area contributed by atoms with Gasteiger partial charge in [-0.2, -0.15) is 5.10 Å². The topological polar surface area (TPSA) is 55.6 Å². The van der Waals surface area contributed by atoms with Crippen LogP contribution in [0, 0.1) is 6.92 Å². The first-order chi connectivity index (χ1) is 11.8. The Bertz CT molecular complexity index is 777. The highest BCUT2D eigenvalue weighted by atomic mass is 15.3. The van der Waals surface area contributed by atoms with Crippen LogP contribution >= 0.6 is 0 Å². The van der Waals surface area contributed by atoms with Crippen LogP contribution in [-0.2, 0) is 0 Å². The molecular weight excluding hydrogens is 298 g/mol. The number of nitrogens with one attached hydrogen (secondary N) is 1. The molecule has 5 nitrogen and oxygen atoms in total. The number of rotatable bonds is 7. The third kappa shape index (κ3) is 3.87. The van der Waals surface area contributed by atoms with Crippen molar-refractivity contribution < 1.29 is 0 Å². The Kier molecular flexibility index (Phi) is 5.01. The SMILES string of the molecule is C=CCCC(Nc1ccc(-n2ccc(C)n2)nn1)c1ccccc1. The Balaban J connectivity index is 1.76. The summed E-state index contributed by atoms with van der Waals surface area (Å²) in [5.74, 6) is 1.46. The molecule has 0 bridgehead atoms. The lowest BCUT2D eigenvalue weighted by atomic mass is 10.0. The first kappa shape index (κ1) is 15.9. The van der Waals surface area contributed by atoms with E-state index in [0.717, 1.165) is 24.4 Å². The third-order valence-electron chi connectivity index (χ3n) is 3.79. The summed E-state index contributed by atoms with van der Waals surface area (Å²) in [6.07, 6.45) is 5.70. The van der Waals surface area contributed by atoms with Crippen molar-refractivity contribution >= 4 is 5.82 Å². The molecule has 5 heteroatoms. The van der Waals surface area contributed by atoms with Crippen molar-refractivity contribution in [3.8, 4) is 5.82 Å². The molecule has 0 amide bonds. The number of allylic oxidation sites excluding steroid dienone is 1. The molecule has 1 N–H and O–H groups in total. The second kappa shape index (κ2) is 7.55. The lowest BCUT2D eigenvalue weighted by Gasteiger charge is -2.19. The fourth-order valence-corrected chi connectivity index (χ4v) is 2.54. The molecule has 24 heavy (non-hydrogen) atoms. The molecule has 2 aromatic heterocycles.